The molecular formula is C11H15NOS. The largest absolute Gasteiger partial charge is 0.249 e. The first-order valence-electron chi connectivity index (χ1n) is 4.89. The van der Waals surface area contributed by atoms with Crippen LogP contribution in [-0.4, -0.2) is 15.7 Å². The highest BCUT2D eigenvalue weighted by Gasteiger charge is 2.18. The summed E-state index contributed by atoms with van der Waals surface area (Å²) in [5.41, 5.74) is 3.35. The van der Waals surface area contributed by atoms with Crippen molar-refractivity contribution in [3.05, 3.63) is 29.3 Å². The van der Waals surface area contributed by atoms with Crippen molar-refractivity contribution in [2.45, 2.75) is 20.3 Å². The molecular weight excluding hydrogens is 194 g/mol. The molecule has 0 bridgehead atoms. The Balaban J connectivity index is 2.39. The molecule has 3 heteroatoms. The van der Waals surface area contributed by atoms with E-state index in [1.54, 1.807) is 0 Å². The second-order valence-electron chi connectivity index (χ2n) is 3.89. The fourth-order valence-corrected chi connectivity index (χ4v) is 2.92. The first kappa shape index (κ1) is 9.71. The van der Waals surface area contributed by atoms with Crippen molar-refractivity contribution >= 4 is 15.4 Å². The molecule has 1 aliphatic heterocycles. The summed E-state index contributed by atoms with van der Waals surface area (Å²) in [6, 6.07) is 6.00. The number of nitrogens with zero attached hydrogens (tertiary/aromatic N) is 1. The maximum atomic E-state index is 11.8. The molecule has 1 aromatic carbocycles. The van der Waals surface area contributed by atoms with Crippen LogP contribution in [0.4, 0.5) is 5.69 Å². The van der Waals surface area contributed by atoms with Gasteiger partial charge in [-0.1, -0.05) is 6.07 Å². The molecule has 1 aliphatic rings. The maximum absolute atomic E-state index is 11.8. The van der Waals surface area contributed by atoms with Crippen LogP contribution >= 0.6 is 0 Å². The summed E-state index contributed by atoms with van der Waals surface area (Å²) in [7, 11) is -1.85. The minimum Gasteiger partial charge on any atom is -0.249 e. The number of hydrogen-bond acceptors (Lipinski definition) is 2. The quantitative estimate of drug-likeness (QED) is 0.699. The third-order valence-corrected chi connectivity index (χ3v) is 5.09. The third-order valence-electron chi connectivity index (χ3n) is 2.69. The summed E-state index contributed by atoms with van der Waals surface area (Å²) in [6.45, 7) is 4.13. The number of hydrogen-bond donors (Lipinski definition) is 0. The summed E-state index contributed by atoms with van der Waals surface area (Å²) in [4.78, 5) is 0. The fraction of sp³-hybridized carbons (Fsp3) is 0.455. The average molecular weight is 209 g/mol. The molecule has 14 heavy (non-hydrogen) atoms. The topological polar surface area (TPSA) is 29.4 Å². The SMILES string of the molecule is Cc1ccc(N=S2(=O)CCC2)cc1C. The van der Waals surface area contributed by atoms with Crippen LogP contribution < -0.4 is 0 Å². The van der Waals surface area contributed by atoms with Crippen molar-refractivity contribution in [2.24, 2.45) is 4.36 Å². The van der Waals surface area contributed by atoms with E-state index in [1.165, 1.54) is 11.1 Å². The smallest absolute Gasteiger partial charge is 0.0733 e. The van der Waals surface area contributed by atoms with E-state index in [1.807, 2.05) is 18.2 Å². The van der Waals surface area contributed by atoms with Gasteiger partial charge in [0.1, 0.15) is 0 Å². The van der Waals surface area contributed by atoms with Gasteiger partial charge in [-0.15, -0.1) is 0 Å². The predicted octanol–water partition coefficient (Wildman–Crippen LogP) is 2.81. The highest BCUT2D eigenvalue weighted by atomic mass is 32.2. The van der Waals surface area contributed by atoms with Crippen LogP contribution in [0.3, 0.4) is 0 Å². The Labute approximate surface area is 85.5 Å². The molecule has 2 nitrogen and oxygen atoms in total. The minimum atomic E-state index is -1.85. The van der Waals surface area contributed by atoms with Crippen molar-refractivity contribution in [1.82, 2.24) is 0 Å². The lowest BCUT2D eigenvalue weighted by atomic mass is 10.1. The monoisotopic (exact) mass is 209 g/mol. The summed E-state index contributed by atoms with van der Waals surface area (Å²) < 4.78 is 16.2. The summed E-state index contributed by atoms with van der Waals surface area (Å²) in [6.07, 6.45) is 1.06. The average Bonchev–Trinajstić information content (AvgIpc) is 2.09. The number of benzene rings is 1. The van der Waals surface area contributed by atoms with Crippen LogP contribution in [0.1, 0.15) is 17.5 Å². The summed E-state index contributed by atoms with van der Waals surface area (Å²) >= 11 is 0. The van der Waals surface area contributed by atoms with Crippen LogP contribution in [0.25, 0.3) is 0 Å². The van der Waals surface area contributed by atoms with Gasteiger partial charge in [0.05, 0.1) is 15.4 Å². The number of aryl methyl sites for hydroxylation is 2. The Hall–Kier alpha value is -0.830. The second-order valence-corrected chi connectivity index (χ2v) is 6.44. The van der Waals surface area contributed by atoms with E-state index >= 15 is 0 Å². The fourth-order valence-electron chi connectivity index (χ4n) is 1.46. The van der Waals surface area contributed by atoms with Gasteiger partial charge in [0, 0.05) is 11.5 Å². The lowest BCUT2D eigenvalue weighted by molar-refractivity contribution is 0.663. The zero-order valence-electron chi connectivity index (χ0n) is 8.62. The first-order valence-corrected chi connectivity index (χ1v) is 6.74. The third kappa shape index (κ3) is 1.82. The van der Waals surface area contributed by atoms with Crippen LogP contribution in [0.2, 0.25) is 0 Å². The van der Waals surface area contributed by atoms with Gasteiger partial charge in [0.15, 0.2) is 0 Å². The molecule has 2 rings (SSSR count). The van der Waals surface area contributed by atoms with Crippen molar-refractivity contribution in [1.29, 1.82) is 0 Å². The Kier molecular flexibility index (Phi) is 2.35. The predicted molar refractivity (Wildman–Crippen MR) is 60.5 cm³/mol. The van der Waals surface area contributed by atoms with E-state index in [9.17, 15) is 4.21 Å². The van der Waals surface area contributed by atoms with E-state index in [0.717, 1.165) is 23.6 Å². The van der Waals surface area contributed by atoms with Gasteiger partial charge < -0.3 is 0 Å². The molecule has 1 heterocycles. The highest BCUT2D eigenvalue weighted by molar-refractivity contribution is 7.95. The summed E-state index contributed by atoms with van der Waals surface area (Å²) in [5.74, 6) is 1.56. The van der Waals surface area contributed by atoms with Gasteiger partial charge >= 0.3 is 0 Å². The first-order chi connectivity index (χ1) is 6.59. The van der Waals surface area contributed by atoms with Crippen LogP contribution in [0.15, 0.2) is 22.6 Å². The molecule has 0 radical (unpaired) electrons. The van der Waals surface area contributed by atoms with E-state index < -0.39 is 9.73 Å². The van der Waals surface area contributed by atoms with E-state index in [4.69, 9.17) is 0 Å². The van der Waals surface area contributed by atoms with Gasteiger partial charge in [-0.3, -0.25) is 0 Å². The zero-order chi connectivity index (χ0) is 10.2. The van der Waals surface area contributed by atoms with Crippen molar-refractivity contribution < 1.29 is 4.21 Å². The van der Waals surface area contributed by atoms with E-state index in [0.29, 0.717) is 0 Å². The van der Waals surface area contributed by atoms with Crippen molar-refractivity contribution in [3.8, 4) is 0 Å². The van der Waals surface area contributed by atoms with Crippen molar-refractivity contribution in [2.75, 3.05) is 11.5 Å². The Morgan fingerprint density at radius 1 is 1.21 bits per heavy atom. The lowest BCUT2D eigenvalue weighted by Gasteiger charge is -2.17. The Bertz CT molecular complexity index is 460. The van der Waals surface area contributed by atoms with Crippen LogP contribution in [-0.2, 0) is 9.73 Å². The van der Waals surface area contributed by atoms with Gasteiger partial charge in [-0.25, -0.2) is 4.21 Å². The highest BCUT2D eigenvalue weighted by Crippen LogP contribution is 2.23. The van der Waals surface area contributed by atoms with Crippen LogP contribution in [0.5, 0.6) is 0 Å². The van der Waals surface area contributed by atoms with E-state index in [2.05, 4.69) is 18.2 Å². The molecule has 1 aromatic rings. The summed E-state index contributed by atoms with van der Waals surface area (Å²) in [5, 5.41) is 0. The molecule has 0 amide bonds. The standard InChI is InChI=1S/C11H15NOS/c1-9-4-5-11(8-10(9)2)12-14(13)6-3-7-14/h4-5,8H,3,6-7H2,1-2H3. The minimum absolute atomic E-state index is 0.778. The molecule has 0 unspecified atom stereocenters. The van der Waals surface area contributed by atoms with Gasteiger partial charge in [-0.2, -0.15) is 4.36 Å². The molecule has 1 saturated heterocycles. The maximum Gasteiger partial charge on any atom is 0.0733 e. The molecule has 76 valence electrons. The zero-order valence-corrected chi connectivity index (χ0v) is 9.43. The van der Waals surface area contributed by atoms with Gasteiger partial charge in [0.2, 0.25) is 0 Å². The molecule has 0 atom stereocenters. The lowest BCUT2D eigenvalue weighted by Crippen LogP contribution is -2.22. The van der Waals surface area contributed by atoms with Crippen molar-refractivity contribution in [3.63, 3.8) is 0 Å². The number of rotatable bonds is 1. The Morgan fingerprint density at radius 2 is 1.93 bits per heavy atom. The Morgan fingerprint density at radius 3 is 2.43 bits per heavy atom. The molecule has 1 fully saturated rings. The molecule has 0 aliphatic carbocycles. The molecule has 0 aromatic heterocycles. The molecule has 0 saturated carbocycles. The second kappa shape index (κ2) is 3.39. The molecule has 0 N–H and O–H groups in total. The van der Waals surface area contributed by atoms with Crippen LogP contribution in [0, 0.1) is 13.8 Å². The normalized spacial score (nSPS) is 18.7. The molecule has 0 spiro atoms. The van der Waals surface area contributed by atoms with E-state index in [-0.39, 0.29) is 0 Å². The van der Waals surface area contributed by atoms with Gasteiger partial charge in [0.25, 0.3) is 0 Å². The van der Waals surface area contributed by atoms with Gasteiger partial charge in [-0.05, 0) is 43.5 Å².